The Morgan fingerprint density at radius 2 is 1.60 bits per heavy atom. The van der Waals surface area contributed by atoms with E-state index in [1.54, 1.807) is 18.5 Å². The van der Waals surface area contributed by atoms with Crippen LogP contribution in [0, 0.1) is 0 Å². The lowest BCUT2D eigenvalue weighted by atomic mass is 10.3. The molecule has 0 aliphatic heterocycles. The molecule has 0 radical (unpaired) electrons. The van der Waals surface area contributed by atoms with Crippen molar-refractivity contribution in [2.24, 2.45) is 0 Å². The maximum Gasteiger partial charge on any atom is 0.222 e. The van der Waals surface area contributed by atoms with Gasteiger partial charge in [0.2, 0.25) is 5.95 Å². The smallest absolute Gasteiger partial charge is 0.222 e. The van der Waals surface area contributed by atoms with Crippen molar-refractivity contribution in [2.45, 2.75) is 0 Å². The third-order valence-corrected chi connectivity index (χ3v) is 1.77. The third kappa shape index (κ3) is 1.62. The van der Waals surface area contributed by atoms with Crippen LogP contribution in [0.1, 0.15) is 0 Å². The molecule has 0 aliphatic rings. The second kappa shape index (κ2) is 3.37. The number of aromatic nitrogens is 4. The molecule has 0 saturated carbocycles. The molecule has 0 atom stereocenters. The van der Waals surface area contributed by atoms with Gasteiger partial charge in [-0.2, -0.15) is 4.98 Å². The molecule has 0 bridgehead atoms. The lowest BCUT2D eigenvalue weighted by Crippen LogP contribution is -2.07. The van der Waals surface area contributed by atoms with E-state index in [2.05, 4.69) is 19.9 Å². The monoisotopic (exact) mass is 203 g/mol. The highest BCUT2D eigenvalue weighted by atomic mass is 15.1. The van der Waals surface area contributed by atoms with Crippen LogP contribution in [0.5, 0.6) is 0 Å². The van der Waals surface area contributed by atoms with E-state index >= 15 is 0 Å². The van der Waals surface area contributed by atoms with E-state index in [-0.39, 0.29) is 17.5 Å². The Balaban J connectivity index is 2.63. The van der Waals surface area contributed by atoms with Crippen LogP contribution in [0.2, 0.25) is 0 Å². The first-order chi connectivity index (χ1) is 7.18. The molecule has 0 aliphatic carbocycles. The summed E-state index contributed by atoms with van der Waals surface area (Å²) in [5, 5.41) is 0. The fourth-order valence-electron chi connectivity index (χ4n) is 1.10. The number of rotatable bonds is 1. The number of nitrogens with zero attached hydrogens (tertiary/aromatic N) is 4. The normalized spacial score (nSPS) is 10.1. The molecule has 2 aromatic rings. The topological polar surface area (TPSA) is 130 Å². The number of hydrogen-bond donors (Lipinski definition) is 3. The summed E-state index contributed by atoms with van der Waals surface area (Å²) in [5.41, 5.74) is 17.3. The highest BCUT2D eigenvalue weighted by molar-refractivity contribution is 5.76. The molecule has 7 nitrogen and oxygen atoms in total. The van der Waals surface area contributed by atoms with E-state index < -0.39 is 0 Å². The van der Waals surface area contributed by atoms with E-state index in [0.717, 1.165) is 0 Å². The molecular formula is C8H9N7. The van der Waals surface area contributed by atoms with Gasteiger partial charge in [-0.25, -0.2) is 15.0 Å². The van der Waals surface area contributed by atoms with Gasteiger partial charge in [-0.15, -0.1) is 0 Å². The molecule has 15 heavy (non-hydrogen) atoms. The quantitative estimate of drug-likeness (QED) is 0.579. The Hall–Kier alpha value is -2.44. The van der Waals surface area contributed by atoms with Gasteiger partial charge >= 0.3 is 0 Å². The summed E-state index contributed by atoms with van der Waals surface area (Å²) in [6.45, 7) is 0. The zero-order chi connectivity index (χ0) is 10.8. The van der Waals surface area contributed by atoms with E-state index in [0.29, 0.717) is 11.5 Å². The molecule has 7 heteroatoms. The van der Waals surface area contributed by atoms with E-state index in [4.69, 9.17) is 17.2 Å². The molecular weight excluding hydrogens is 194 g/mol. The molecule has 2 rings (SSSR count). The second-order valence-electron chi connectivity index (χ2n) is 2.80. The van der Waals surface area contributed by atoms with Gasteiger partial charge < -0.3 is 17.2 Å². The van der Waals surface area contributed by atoms with Crippen molar-refractivity contribution in [1.29, 1.82) is 0 Å². The highest BCUT2D eigenvalue weighted by Gasteiger charge is 2.11. The summed E-state index contributed by atoms with van der Waals surface area (Å²) in [5.74, 6) is 0.546. The van der Waals surface area contributed by atoms with Gasteiger partial charge in [-0.3, -0.25) is 0 Å². The minimum absolute atomic E-state index is 0.0455. The molecule has 0 spiro atoms. The fraction of sp³-hybridized carbons (Fsp3) is 0. The lowest BCUT2D eigenvalue weighted by molar-refractivity contribution is 1.12. The summed E-state index contributed by atoms with van der Waals surface area (Å²) in [6.07, 6.45) is 3.16. The number of anilines is 3. The number of nitrogen functional groups attached to an aromatic ring is 3. The van der Waals surface area contributed by atoms with Crippen LogP contribution in [-0.4, -0.2) is 19.9 Å². The van der Waals surface area contributed by atoms with Crippen LogP contribution >= 0.6 is 0 Å². The van der Waals surface area contributed by atoms with Crippen LogP contribution < -0.4 is 17.2 Å². The number of nitrogens with two attached hydrogens (primary N) is 3. The van der Waals surface area contributed by atoms with Gasteiger partial charge in [0.15, 0.2) is 11.6 Å². The Labute approximate surface area is 85.4 Å². The van der Waals surface area contributed by atoms with E-state index in [1.165, 1.54) is 0 Å². The summed E-state index contributed by atoms with van der Waals surface area (Å²) in [7, 11) is 0. The standard InChI is InChI=1S/C8H9N7/c9-4-5(7-12-2-1-3-13-7)14-8(11)15-6(4)10/h1-3H,9H2,(H4,10,11,14,15). The Kier molecular flexibility index (Phi) is 2.05. The van der Waals surface area contributed by atoms with Gasteiger partial charge in [0.25, 0.3) is 0 Å². The van der Waals surface area contributed by atoms with Crippen molar-refractivity contribution in [1.82, 2.24) is 19.9 Å². The van der Waals surface area contributed by atoms with Crippen LogP contribution in [0.15, 0.2) is 18.5 Å². The molecule has 0 fully saturated rings. The first kappa shape index (κ1) is 9.13. The average Bonchev–Trinajstić information content (AvgIpc) is 2.24. The third-order valence-electron chi connectivity index (χ3n) is 1.77. The largest absolute Gasteiger partial charge is 0.394 e. The Morgan fingerprint density at radius 1 is 0.933 bits per heavy atom. The molecule has 0 aromatic carbocycles. The fourth-order valence-corrected chi connectivity index (χ4v) is 1.10. The van der Waals surface area contributed by atoms with Crippen molar-refractivity contribution in [3.8, 4) is 11.5 Å². The van der Waals surface area contributed by atoms with Crippen molar-refractivity contribution in [3.05, 3.63) is 18.5 Å². The van der Waals surface area contributed by atoms with Crippen LogP contribution in [0.3, 0.4) is 0 Å². The summed E-state index contributed by atoms with van der Waals surface area (Å²) in [4.78, 5) is 15.7. The molecule has 76 valence electrons. The SMILES string of the molecule is Nc1nc(N)c(N)c(-c2ncccn2)n1. The van der Waals surface area contributed by atoms with Gasteiger partial charge in [-0.05, 0) is 6.07 Å². The van der Waals surface area contributed by atoms with Crippen molar-refractivity contribution in [2.75, 3.05) is 17.2 Å². The predicted molar refractivity (Wildman–Crippen MR) is 56.3 cm³/mol. The molecule has 2 heterocycles. The van der Waals surface area contributed by atoms with Gasteiger partial charge in [0.1, 0.15) is 11.4 Å². The zero-order valence-corrected chi connectivity index (χ0v) is 7.75. The predicted octanol–water partition coefficient (Wildman–Crippen LogP) is -0.320. The van der Waals surface area contributed by atoms with Crippen molar-refractivity contribution in [3.63, 3.8) is 0 Å². The van der Waals surface area contributed by atoms with Gasteiger partial charge in [0.05, 0.1) is 0 Å². The molecule has 2 aromatic heterocycles. The zero-order valence-electron chi connectivity index (χ0n) is 7.75. The highest BCUT2D eigenvalue weighted by Crippen LogP contribution is 2.24. The second-order valence-corrected chi connectivity index (χ2v) is 2.80. The summed E-state index contributed by atoms with van der Waals surface area (Å²) >= 11 is 0. The van der Waals surface area contributed by atoms with Crippen LogP contribution in [-0.2, 0) is 0 Å². The minimum Gasteiger partial charge on any atom is -0.394 e. The van der Waals surface area contributed by atoms with E-state index in [1.807, 2.05) is 0 Å². The maximum atomic E-state index is 5.70. The maximum absolute atomic E-state index is 5.70. The van der Waals surface area contributed by atoms with Gasteiger partial charge in [-0.1, -0.05) is 0 Å². The van der Waals surface area contributed by atoms with Crippen LogP contribution in [0.25, 0.3) is 11.5 Å². The summed E-state index contributed by atoms with van der Waals surface area (Å²) < 4.78 is 0. The molecule has 0 saturated heterocycles. The minimum atomic E-state index is 0.0455. The average molecular weight is 203 g/mol. The van der Waals surface area contributed by atoms with E-state index in [9.17, 15) is 0 Å². The first-order valence-electron chi connectivity index (χ1n) is 4.14. The first-order valence-corrected chi connectivity index (χ1v) is 4.14. The molecule has 6 N–H and O–H groups in total. The number of hydrogen-bond acceptors (Lipinski definition) is 7. The molecule has 0 unspecified atom stereocenters. The van der Waals surface area contributed by atoms with Crippen molar-refractivity contribution < 1.29 is 0 Å². The van der Waals surface area contributed by atoms with Gasteiger partial charge in [0, 0.05) is 12.4 Å². The summed E-state index contributed by atoms with van der Waals surface area (Å²) in [6, 6.07) is 1.69. The van der Waals surface area contributed by atoms with Crippen molar-refractivity contribution >= 4 is 17.5 Å². The Bertz CT molecular complexity index is 482. The Morgan fingerprint density at radius 3 is 2.27 bits per heavy atom. The lowest BCUT2D eigenvalue weighted by Gasteiger charge is -2.05. The molecule has 0 amide bonds. The van der Waals surface area contributed by atoms with Crippen LogP contribution in [0.4, 0.5) is 17.5 Å².